The lowest BCUT2D eigenvalue weighted by Crippen LogP contribution is -2.52. The molecule has 1 fully saturated rings. The zero-order valence-corrected chi connectivity index (χ0v) is 19.0. The molecule has 36 heavy (non-hydrogen) atoms. The van der Waals surface area contributed by atoms with Gasteiger partial charge in [0.05, 0.1) is 21.7 Å². The fourth-order valence-electron chi connectivity index (χ4n) is 4.46. The molecule has 0 saturated carbocycles. The molecule has 12 nitrogen and oxygen atoms in total. The van der Waals surface area contributed by atoms with Crippen molar-refractivity contribution in [3.05, 3.63) is 91.5 Å². The Hall–Kier alpha value is -4.74. The molecule has 2 aromatic rings. The molecule has 4 rings (SSSR count). The Bertz CT molecular complexity index is 1350. The van der Waals surface area contributed by atoms with Crippen molar-refractivity contribution in [1.29, 1.82) is 0 Å². The highest BCUT2D eigenvalue weighted by Crippen LogP contribution is 2.39. The number of carbonyl (C=O) groups is 4. The van der Waals surface area contributed by atoms with Crippen LogP contribution < -0.4 is 0 Å². The van der Waals surface area contributed by atoms with Crippen molar-refractivity contribution in [2.24, 2.45) is 11.8 Å². The average molecular weight is 492 g/mol. The largest absolute Gasteiger partial charge is 0.292 e. The zero-order valence-electron chi connectivity index (χ0n) is 19.0. The van der Waals surface area contributed by atoms with E-state index in [-0.39, 0.29) is 17.7 Å². The van der Waals surface area contributed by atoms with E-state index in [1.165, 1.54) is 30.3 Å². The number of non-ortho nitro benzene ring substituents is 1. The van der Waals surface area contributed by atoms with Crippen LogP contribution in [0, 0.1) is 32.1 Å². The van der Waals surface area contributed by atoms with Crippen LogP contribution in [0.1, 0.15) is 40.5 Å². The molecule has 1 aliphatic carbocycles. The molecule has 0 radical (unpaired) electrons. The van der Waals surface area contributed by atoms with Crippen LogP contribution in [0.25, 0.3) is 0 Å². The second-order valence-corrected chi connectivity index (χ2v) is 8.56. The van der Waals surface area contributed by atoms with Crippen molar-refractivity contribution in [2.45, 2.75) is 19.8 Å². The van der Waals surface area contributed by atoms with E-state index in [1.807, 2.05) is 13.0 Å². The van der Waals surface area contributed by atoms with Gasteiger partial charge in [-0.1, -0.05) is 35.9 Å². The molecule has 0 bridgehead atoms. The highest BCUT2D eigenvalue weighted by atomic mass is 16.6. The van der Waals surface area contributed by atoms with E-state index in [4.69, 9.17) is 0 Å². The summed E-state index contributed by atoms with van der Waals surface area (Å²) in [7, 11) is 0. The Morgan fingerprint density at radius 2 is 1.69 bits per heavy atom. The Morgan fingerprint density at radius 1 is 1.00 bits per heavy atom. The van der Waals surface area contributed by atoms with Gasteiger partial charge in [-0.05, 0) is 25.8 Å². The first-order valence-electron chi connectivity index (χ1n) is 11.0. The van der Waals surface area contributed by atoms with E-state index < -0.39 is 63.0 Å². The standard InChI is InChI=1S/C24H20N4O8/c1-14-9-10-17-19(11-14)24(32)26(23(17)31)25(22(30)18-7-2-3-8-20(18)28(35)36)13-21(29)15-5-4-6-16(12-15)27(33)34/h2-9,12,17,19H,10-11,13H2,1H3/t17-,19+/m1/s1. The number of hydrazine groups is 1. The number of Topliss-reactive ketones (excluding diaryl/α,β-unsaturated/α-hetero) is 1. The molecule has 2 aliphatic rings. The number of para-hydroxylation sites is 1. The van der Waals surface area contributed by atoms with E-state index in [1.54, 1.807) is 0 Å². The number of nitrogens with zero attached hydrogens (tertiary/aromatic N) is 4. The van der Waals surface area contributed by atoms with E-state index in [2.05, 4.69) is 0 Å². The number of benzene rings is 2. The molecule has 0 aromatic heterocycles. The number of imide groups is 1. The normalized spacial score (nSPS) is 18.9. The highest BCUT2D eigenvalue weighted by Gasteiger charge is 2.52. The molecule has 0 N–H and O–H groups in total. The van der Waals surface area contributed by atoms with Crippen LogP contribution in [-0.4, -0.2) is 49.9 Å². The van der Waals surface area contributed by atoms with Crippen molar-refractivity contribution in [2.75, 3.05) is 6.54 Å². The van der Waals surface area contributed by atoms with Crippen LogP contribution in [0.5, 0.6) is 0 Å². The van der Waals surface area contributed by atoms with Gasteiger partial charge in [-0.15, -0.1) is 0 Å². The summed E-state index contributed by atoms with van der Waals surface area (Å²) in [5, 5.41) is 23.9. The molecule has 184 valence electrons. The number of amides is 3. The van der Waals surface area contributed by atoms with Gasteiger partial charge in [0, 0.05) is 23.8 Å². The molecular formula is C24H20N4O8. The monoisotopic (exact) mass is 492 g/mol. The van der Waals surface area contributed by atoms with Gasteiger partial charge in [-0.2, -0.15) is 5.01 Å². The molecule has 0 spiro atoms. The number of hydrogen-bond donors (Lipinski definition) is 0. The molecule has 1 heterocycles. The Morgan fingerprint density at radius 3 is 2.39 bits per heavy atom. The predicted molar refractivity (Wildman–Crippen MR) is 123 cm³/mol. The van der Waals surface area contributed by atoms with E-state index >= 15 is 0 Å². The number of rotatable bonds is 7. The van der Waals surface area contributed by atoms with Gasteiger partial charge in [-0.3, -0.25) is 39.4 Å². The first-order valence-corrected chi connectivity index (χ1v) is 11.0. The molecular weight excluding hydrogens is 472 g/mol. The summed E-state index contributed by atoms with van der Waals surface area (Å²) in [5.74, 6) is -4.71. The van der Waals surface area contributed by atoms with Crippen molar-refractivity contribution in [3.8, 4) is 0 Å². The average Bonchev–Trinajstić information content (AvgIpc) is 3.10. The minimum absolute atomic E-state index is 0.126. The molecule has 2 atom stereocenters. The minimum atomic E-state index is -1.09. The maximum absolute atomic E-state index is 13.6. The number of nitro benzene ring substituents is 2. The van der Waals surface area contributed by atoms with Crippen molar-refractivity contribution < 1.29 is 29.0 Å². The SMILES string of the molecule is CC1=CC[C@H]2C(=O)N(N(CC(=O)c3cccc([N+](=O)[O-])c3)C(=O)c3ccccc3[N+](=O)[O-])C(=O)[C@H]2C1. The van der Waals surface area contributed by atoms with E-state index in [0.717, 1.165) is 23.8 Å². The van der Waals surface area contributed by atoms with Crippen LogP contribution in [0.15, 0.2) is 60.2 Å². The van der Waals surface area contributed by atoms with Gasteiger partial charge < -0.3 is 0 Å². The lowest BCUT2D eigenvalue weighted by atomic mass is 9.82. The lowest BCUT2D eigenvalue weighted by Gasteiger charge is -2.30. The van der Waals surface area contributed by atoms with E-state index in [0.29, 0.717) is 16.4 Å². The van der Waals surface area contributed by atoms with Crippen LogP contribution in [-0.2, 0) is 9.59 Å². The molecule has 12 heteroatoms. The fraction of sp³-hybridized carbons (Fsp3) is 0.250. The zero-order chi connectivity index (χ0) is 26.1. The molecule has 0 unspecified atom stereocenters. The van der Waals surface area contributed by atoms with Gasteiger partial charge in [-0.25, -0.2) is 5.01 Å². The number of ketones is 1. The van der Waals surface area contributed by atoms with Gasteiger partial charge in [0.15, 0.2) is 5.78 Å². The third-order valence-corrected chi connectivity index (χ3v) is 6.28. The number of hydrogen-bond acceptors (Lipinski definition) is 8. The van der Waals surface area contributed by atoms with Crippen molar-refractivity contribution >= 4 is 34.9 Å². The van der Waals surface area contributed by atoms with Crippen LogP contribution in [0.4, 0.5) is 11.4 Å². The fourth-order valence-corrected chi connectivity index (χ4v) is 4.46. The third kappa shape index (κ3) is 4.35. The molecule has 1 saturated heterocycles. The maximum Gasteiger partial charge on any atom is 0.282 e. The maximum atomic E-state index is 13.6. The van der Waals surface area contributed by atoms with Gasteiger partial charge in [0.25, 0.3) is 29.1 Å². The molecule has 1 aliphatic heterocycles. The Balaban J connectivity index is 1.75. The van der Waals surface area contributed by atoms with Crippen molar-refractivity contribution in [3.63, 3.8) is 0 Å². The summed E-state index contributed by atoms with van der Waals surface area (Å²) in [6.45, 7) is 0.980. The minimum Gasteiger partial charge on any atom is -0.292 e. The van der Waals surface area contributed by atoms with Crippen LogP contribution in [0.2, 0.25) is 0 Å². The summed E-state index contributed by atoms with van der Waals surface area (Å²) in [5.41, 5.74) is -0.566. The van der Waals surface area contributed by atoms with Gasteiger partial charge >= 0.3 is 0 Å². The van der Waals surface area contributed by atoms with E-state index in [9.17, 15) is 39.4 Å². The highest BCUT2D eigenvalue weighted by molar-refractivity contribution is 6.10. The topological polar surface area (TPSA) is 161 Å². The first-order chi connectivity index (χ1) is 17.1. The quantitative estimate of drug-likeness (QED) is 0.187. The Kier molecular flexibility index (Phi) is 6.43. The predicted octanol–water partition coefficient (Wildman–Crippen LogP) is 3.08. The number of carbonyl (C=O) groups excluding carboxylic acids is 4. The molecule has 2 aromatic carbocycles. The number of fused-ring (bicyclic) bond motifs is 1. The number of allylic oxidation sites excluding steroid dienone is 2. The summed E-state index contributed by atoms with van der Waals surface area (Å²) in [6, 6.07) is 9.75. The second-order valence-electron chi connectivity index (χ2n) is 8.56. The smallest absolute Gasteiger partial charge is 0.282 e. The van der Waals surface area contributed by atoms with Gasteiger partial charge in [0.1, 0.15) is 12.1 Å². The first kappa shape index (κ1) is 24.4. The second kappa shape index (κ2) is 9.49. The van der Waals surface area contributed by atoms with Crippen molar-refractivity contribution in [1.82, 2.24) is 10.0 Å². The van der Waals surface area contributed by atoms with Crippen LogP contribution in [0.3, 0.4) is 0 Å². The molecule has 3 amide bonds. The summed E-state index contributed by atoms with van der Waals surface area (Å²) >= 11 is 0. The van der Waals surface area contributed by atoms with Gasteiger partial charge in [0.2, 0.25) is 0 Å². The summed E-state index contributed by atoms with van der Waals surface area (Å²) < 4.78 is 0. The Labute approximate surface area is 204 Å². The lowest BCUT2D eigenvalue weighted by molar-refractivity contribution is -0.385. The number of nitro groups is 2. The third-order valence-electron chi connectivity index (χ3n) is 6.28. The van der Waals surface area contributed by atoms with Crippen LogP contribution >= 0.6 is 0 Å². The summed E-state index contributed by atoms with van der Waals surface area (Å²) in [4.78, 5) is 74.4. The summed E-state index contributed by atoms with van der Waals surface area (Å²) in [6.07, 6.45) is 2.42.